The number of nitrogens with zero attached hydrogens (tertiary/aromatic N) is 3. The molecule has 6 heteroatoms. The largest absolute Gasteiger partial charge is 0.444 e. The molecule has 1 aromatic heterocycles. The van der Waals surface area contributed by atoms with Gasteiger partial charge in [0, 0.05) is 37.9 Å². The molecule has 2 saturated heterocycles. The van der Waals surface area contributed by atoms with Crippen molar-refractivity contribution < 1.29 is 14.3 Å². The van der Waals surface area contributed by atoms with E-state index in [2.05, 4.69) is 17.9 Å². The van der Waals surface area contributed by atoms with Crippen LogP contribution in [0.5, 0.6) is 0 Å². The Morgan fingerprint density at radius 1 is 1.18 bits per heavy atom. The molecular formula is C22H31N3O3. The van der Waals surface area contributed by atoms with Crippen LogP contribution in [0.15, 0.2) is 12.1 Å². The number of hydrogen-bond acceptors (Lipinski definition) is 5. The molecule has 4 rings (SSSR count). The van der Waals surface area contributed by atoms with Gasteiger partial charge in [-0.2, -0.15) is 0 Å². The van der Waals surface area contributed by atoms with Gasteiger partial charge >= 0.3 is 6.09 Å². The summed E-state index contributed by atoms with van der Waals surface area (Å²) in [6.07, 6.45) is 3.33. The zero-order valence-corrected chi connectivity index (χ0v) is 17.4. The quantitative estimate of drug-likeness (QED) is 0.795. The van der Waals surface area contributed by atoms with Crippen LogP contribution < -0.4 is 4.90 Å². The van der Waals surface area contributed by atoms with Gasteiger partial charge in [0.15, 0.2) is 0 Å². The Labute approximate surface area is 167 Å². The van der Waals surface area contributed by atoms with E-state index < -0.39 is 5.60 Å². The standard InChI is InChI=1S/C22H31N3O3/c1-14-9-17(11-19(26)15-5-6-15)23-20(10-14)25-8-7-16-12-24(13-18(16)25)21(27)28-22(2,3)4/h9-10,15-16,18H,5-8,11-13H2,1-4H3. The average molecular weight is 386 g/mol. The molecule has 3 fully saturated rings. The maximum Gasteiger partial charge on any atom is 0.410 e. The second-order valence-electron chi connectivity index (χ2n) is 9.61. The van der Waals surface area contributed by atoms with Crippen LogP contribution in [0.1, 0.15) is 51.3 Å². The fourth-order valence-corrected chi connectivity index (χ4v) is 4.41. The highest BCUT2D eigenvalue weighted by molar-refractivity contribution is 5.85. The topological polar surface area (TPSA) is 62.7 Å². The van der Waals surface area contributed by atoms with Crippen LogP contribution in [0, 0.1) is 18.8 Å². The third-order valence-electron chi connectivity index (χ3n) is 5.89. The smallest absolute Gasteiger partial charge is 0.410 e. The molecule has 1 saturated carbocycles. The van der Waals surface area contributed by atoms with Crippen molar-refractivity contribution in [3.63, 3.8) is 0 Å². The number of ether oxygens (including phenoxy) is 1. The molecular weight excluding hydrogens is 354 g/mol. The summed E-state index contributed by atoms with van der Waals surface area (Å²) < 4.78 is 5.55. The Morgan fingerprint density at radius 2 is 1.93 bits per heavy atom. The number of fused-ring (bicyclic) bond motifs is 1. The molecule has 1 aromatic rings. The Morgan fingerprint density at radius 3 is 2.61 bits per heavy atom. The zero-order chi connectivity index (χ0) is 20.1. The fourth-order valence-electron chi connectivity index (χ4n) is 4.41. The van der Waals surface area contributed by atoms with E-state index in [1.165, 1.54) is 0 Å². The molecule has 152 valence electrons. The molecule has 3 aliphatic rings. The maximum absolute atomic E-state index is 12.5. The Balaban J connectivity index is 1.47. The number of likely N-dealkylation sites (tertiary alicyclic amines) is 1. The van der Waals surface area contributed by atoms with Gasteiger partial charge in [-0.25, -0.2) is 9.78 Å². The van der Waals surface area contributed by atoms with Crippen molar-refractivity contribution in [1.29, 1.82) is 0 Å². The van der Waals surface area contributed by atoms with Gasteiger partial charge in [-0.1, -0.05) is 0 Å². The third kappa shape index (κ3) is 4.15. The third-order valence-corrected chi connectivity index (χ3v) is 5.89. The Kier molecular flexibility index (Phi) is 4.84. The number of hydrogen-bond donors (Lipinski definition) is 0. The molecule has 0 N–H and O–H groups in total. The van der Waals surface area contributed by atoms with Crippen molar-refractivity contribution in [3.05, 3.63) is 23.4 Å². The van der Waals surface area contributed by atoms with Crippen molar-refractivity contribution >= 4 is 17.7 Å². The van der Waals surface area contributed by atoms with Crippen molar-refractivity contribution in [2.75, 3.05) is 24.5 Å². The molecule has 0 aromatic carbocycles. The first-order valence-corrected chi connectivity index (χ1v) is 10.4. The first-order valence-electron chi connectivity index (χ1n) is 10.4. The molecule has 2 aliphatic heterocycles. The molecule has 6 nitrogen and oxygen atoms in total. The monoisotopic (exact) mass is 385 g/mol. The first-order chi connectivity index (χ1) is 13.2. The van der Waals surface area contributed by atoms with Crippen LogP contribution in [0.4, 0.5) is 10.6 Å². The van der Waals surface area contributed by atoms with E-state index in [9.17, 15) is 9.59 Å². The predicted molar refractivity (Wildman–Crippen MR) is 107 cm³/mol. The minimum Gasteiger partial charge on any atom is -0.444 e. The average Bonchev–Trinajstić information content (AvgIpc) is 3.22. The van der Waals surface area contributed by atoms with Crippen molar-refractivity contribution in [2.45, 2.75) is 65.0 Å². The minimum atomic E-state index is -0.477. The summed E-state index contributed by atoms with van der Waals surface area (Å²) >= 11 is 0. The summed E-state index contributed by atoms with van der Waals surface area (Å²) in [5.74, 6) is 1.97. The number of aryl methyl sites for hydroxylation is 1. The van der Waals surface area contributed by atoms with Gasteiger partial charge < -0.3 is 14.5 Å². The van der Waals surface area contributed by atoms with Gasteiger partial charge in [0.05, 0.1) is 11.7 Å². The van der Waals surface area contributed by atoms with Gasteiger partial charge in [0.1, 0.15) is 17.2 Å². The molecule has 1 aliphatic carbocycles. The Bertz CT molecular complexity index is 782. The van der Waals surface area contributed by atoms with E-state index in [4.69, 9.17) is 9.72 Å². The van der Waals surface area contributed by atoms with E-state index in [0.29, 0.717) is 24.7 Å². The number of carbonyl (C=O) groups excluding carboxylic acids is 2. The summed E-state index contributed by atoms with van der Waals surface area (Å²) in [4.78, 5) is 33.7. The minimum absolute atomic E-state index is 0.227. The normalized spacial score (nSPS) is 24.4. The summed E-state index contributed by atoms with van der Waals surface area (Å²) in [5.41, 5.74) is 1.53. The maximum atomic E-state index is 12.5. The van der Waals surface area contributed by atoms with Crippen LogP contribution in [-0.4, -0.2) is 53.0 Å². The summed E-state index contributed by atoms with van der Waals surface area (Å²) in [6, 6.07) is 4.40. The van der Waals surface area contributed by atoms with E-state index in [1.807, 2.05) is 31.7 Å². The molecule has 28 heavy (non-hydrogen) atoms. The van der Waals surface area contributed by atoms with Crippen molar-refractivity contribution in [3.8, 4) is 0 Å². The van der Waals surface area contributed by atoms with Crippen molar-refractivity contribution in [1.82, 2.24) is 9.88 Å². The number of Topliss-reactive ketones (excluding diaryl/α,β-unsaturated/α-hetero) is 1. The predicted octanol–water partition coefficient (Wildman–Crippen LogP) is 3.36. The number of rotatable bonds is 4. The van der Waals surface area contributed by atoms with E-state index in [1.54, 1.807) is 0 Å². The zero-order valence-electron chi connectivity index (χ0n) is 17.4. The first kappa shape index (κ1) is 19.2. The Hall–Kier alpha value is -2.11. The number of ketones is 1. The number of carbonyl (C=O) groups is 2. The molecule has 2 unspecified atom stereocenters. The van der Waals surface area contributed by atoms with Crippen LogP contribution in [0.2, 0.25) is 0 Å². The van der Waals surface area contributed by atoms with Gasteiger partial charge in [0.25, 0.3) is 0 Å². The lowest BCUT2D eigenvalue weighted by Gasteiger charge is -2.28. The number of aromatic nitrogens is 1. The van der Waals surface area contributed by atoms with Crippen LogP contribution in [0.3, 0.4) is 0 Å². The van der Waals surface area contributed by atoms with Crippen molar-refractivity contribution in [2.24, 2.45) is 11.8 Å². The lowest BCUT2D eigenvalue weighted by atomic mass is 10.1. The molecule has 0 radical (unpaired) electrons. The lowest BCUT2D eigenvalue weighted by Crippen LogP contribution is -2.39. The number of anilines is 1. The molecule has 2 atom stereocenters. The summed E-state index contributed by atoms with van der Waals surface area (Å²) in [7, 11) is 0. The summed E-state index contributed by atoms with van der Waals surface area (Å²) in [5, 5.41) is 0. The van der Waals surface area contributed by atoms with Gasteiger partial charge in [-0.3, -0.25) is 4.79 Å². The van der Waals surface area contributed by atoms with Gasteiger partial charge in [-0.05, 0) is 64.7 Å². The van der Waals surface area contributed by atoms with E-state index >= 15 is 0 Å². The highest BCUT2D eigenvalue weighted by Crippen LogP contribution is 2.36. The highest BCUT2D eigenvalue weighted by atomic mass is 16.6. The van der Waals surface area contributed by atoms with Gasteiger partial charge in [0.2, 0.25) is 0 Å². The summed E-state index contributed by atoms with van der Waals surface area (Å²) in [6.45, 7) is 10.1. The number of pyridine rings is 1. The molecule has 0 spiro atoms. The molecule has 1 amide bonds. The van der Waals surface area contributed by atoms with E-state index in [-0.39, 0.29) is 18.1 Å². The van der Waals surface area contributed by atoms with Gasteiger partial charge in [-0.15, -0.1) is 0 Å². The van der Waals surface area contributed by atoms with E-state index in [0.717, 1.165) is 49.4 Å². The van der Waals surface area contributed by atoms with Crippen LogP contribution in [0.25, 0.3) is 0 Å². The lowest BCUT2D eigenvalue weighted by molar-refractivity contribution is -0.119. The second kappa shape index (κ2) is 7.05. The SMILES string of the molecule is Cc1cc(CC(=O)C2CC2)nc(N2CCC3CN(C(=O)OC(C)(C)C)CC32)c1. The second-order valence-corrected chi connectivity index (χ2v) is 9.61. The molecule has 0 bridgehead atoms. The van der Waals surface area contributed by atoms with Crippen LogP contribution in [-0.2, 0) is 16.0 Å². The van der Waals surface area contributed by atoms with Crippen LogP contribution >= 0.6 is 0 Å². The number of amides is 1. The molecule has 3 heterocycles. The highest BCUT2D eigenvalue weighted by Gasteiger charge is 2.44. The fraction of sp³-hybridized carbons (Fsp3) is 0.682.